The first-order valence-corrected chi connectivity index (χ1v) is 11.7. The monoisotopic (exact) mass is 461 g/mol. The summed E-state index contributed by atoms with van der Waals surface area (Å²) in [5, 5.41) is 10.9. The fraction of sp³-hybridized carbons (Fsp3) is 0.200. The van der Waals surface area contributed by atoms with Gasteiger partial charge in [-0.05, 0) is 29.8 Å². The number of fused-ring (bicyclic) bond motifs is 1. The number of non-ortho nitro benzene ring substituents is 1. The lowest BCUT2D eigenvalue weighted by atomic mass is 10.2. The standard InChI is InChI=1S/C20H19N3O6S2/c1-29-11-10-22-17-8-7-16(31(2,27)28)13-18(17)30-20(22)21-19(24)9-6-14-4-3-5-15(12-14)23(25)26/h3-9,12-13H,10-11H2,1-2H3. The van der Waals surface area contributed by atoms with Crippen LogP contribution in [0.2, 0.25) is 0 Å². The minimum absolute atomic E-state index is 0.0740. The third-order valence-corrected chi connectivity index (χ3v) is 6.46. The molecule has 0 aliphatic rings. The van der Waals surface area contributed by atoms with E-state index in [1.165, 1.54) is 47.8 Å². The van der Waals surface area contributed by atoms with E-state index in [1.807, 2.05) is 0 Å². The normalized spacial score (nSPS) is 12.6. The molecule has 0 saturated carbocycles. The van der Waals surface area contributed by atoms with Gasteiger partial charge >= 0.3 is 0 Å². The van der Waals surface area contributed by atoms with Gasteiger partial charge in [-0.2, -0.15) is 4.99 Å². The van der Waals surface area contributed by atoms with Gasteiger partial charge in [-0.3, -0.25) is 14.9 Å². The molecule has 0 spiro atoms. The number of methoxy groups -OCH3 is 1. The second-order valence-electron chi connectivity index (χ2n) is 6.57. The van der Waals surface area contributed by atoms with Crippen molar-refractivity contribution < 1.29 is 22.9 Å². The predicted molar refractivity (Wildman–Crippen MR) is 118 cm³/mol. The summed E-state index contributed by atoms with van der Waals surface area (Å²) in [4.78, 5) is 27.5. The molecule has 31 heavy (non-hydrogen) atoms. The van der Waals surface area contributed by atoms with E-state index in [1.54, 1.807) is 29.9 Å². The number of rotatable bonds is 7. The molecule has 0 saturated heterocycles. The average molecular weight is 462 g/mol. The summed E-state index contributed by atoms with van der Waals surface area (Å²) in [6, 6.07) is 10.6. The van der Waals surface area contributed by atoms with E-state index in [9.17, 15) is 23.3 Å². The number of carbonyl (C=O) groups is 1. The highest BCUT2D eigenvalue weighted by atomic mass is 32.2. The number of nitro groups is 1. The Hall–Kier alpha value is -3.15. The third kappa shape index (κ3) is 5.51. The number of amides is 1. The smallest absolute Gasteiger partial charge is 0.272 e. The van der Waals surface area contributed by atoms with Crippen LogP contribution < -0.4 is 4.80 Å². The number of nitro benzene ring substituents is 1. The molecule has 9 nitrogen and oxygen atoms in total. The van der Waals surface area contributed by atoms with E-state index in [2.05, 4.69) is 4.99 Å². The van der Waals surface area contributed by atoms with Crippen LogP contribution in [0.5, 0.6) is 0 Å². The van der Waals surface area contributed by atoms with E-state index < -0.39 is 20.7 Å². The molecule has 0 radical (unpaired) electrons. The topological polar surface area (TPSA) is 121 Å². The summed E-state index contributed by atoms with van der Waals surface area (Å²) in [6.45, 7) is 0.806. The van der Waals surface area contributed by atoms with Gasteiger partial charge in [0, 0.05) is 38.1 Å². The second-order valence-corrected chi connectivity index (χ2v) is 9.59. The van der Waals surface area contributed by atoms with Gasteiger partial charge in [-0.15, -0.1) is 0 Å². The molecule has 162 valence electrons. The lowest BCUT2D eigenvalue weighted by molar-refractivity contribution is -0.384. The lowest BCUT2D eigenvalue weighted by Crippen LogP contribution is -2.18. The first-order valence-electron chi connectivity index (χ1n) is 9.02. The average Bonchev–Trinajstić information content (AvgIpc) is 3.06. The summed E-state index contributed by atoms with van der Waals surface area (Å²) in [6.07, 6.45) is 3.81. The van der Waals surface area contributed by atoms with Crippen LogP contribution in [0.15, 0.2) is 58.4 Å². The Balaban J connectivity index is 2.00. The molecular weight excluding hydrogens is 442 g/mol. The van der Waals surface area contributed by atoms with E-state index >= 15 is 0 Å². The van der Waals surface area contributed by atoms with Crippen molar-refractivity contribution in [2.45, 2.75) is 11.4 Å². The molecule has 1 heterocycles. The van der Waals surface area contributed by atoms with Gasteiger partial charge in [0.1, 0.15) is 0 Å². The van der Waals surface area contributed by atoms with Crippen LogP contribution in [-0.2, 0) is 25.9 Å². The molecule has 0 atom stereocenters. The Kier molecular flexibility index (Phi) is 6.78. The summed E-state index contributed by atoms with van der Waals surface area (Å²) < 4.78 is 31.3. The Morgan fingerprint density at radius 1 is 1.29 bits per heavy atom. The molecule has 3 aromatic rings. The van der Waals surface area contributed by atoms with Crippen LogP contribution in [0.4, 0.5) is 5.69 Å². The fourth-order valence-electron chi connectivity index (χ4n) is 2.81. The fourth-order valence-corrected chi connectivity index (χ4v) is 4.63. The van der Waals surface area contributed by atoms with Crippen molar-refractivity contribution in [1.82, 2.24) is 4.57 Å². The molecule has 0 aliphatic carbocycles. The van der Waals surface area contributed by atoms with Gasteiger partial charge in [0.2, 0.25) is 0 Å². The van der Waals surface area contributed by atoms with Crippen LogP contribution >= 0.6 is 11.3 Å². The number of aromatic nitrogens is 1. The zero-order chi connectivity index (χ0) is 22.6. The highest BCUT2D eigenvalue weighted by Gasteiger charge is 2.12. The highest BCUT2D eigenvalue weighted by Crippen LogP contribution is 2.22. The van der Waals surface area contributed by atoms with Crippen LogP contribution in [0, 0.1) is 10.1 Å². The molecule has 0 fully saturated rings. The first-order chi connectivity index (χ1) is 14.7. The van der Waals surface area contributed by atoms with Crippen molar-refractivity contribution in [3.05, 3.63) is 69.0 Å². The zero-order valence-electron chi connectivity index (χ0n) is 16.7. The number of nitrogens with zero attached hydrogens (tertiary/aromatic N) is 3. The molecule has 0 aliphatic heterocycles. The lowest BCUT2D eigenvalue weighted by Gasteiger charge is -2.04. The van der Waals surface area contributed by atoms with Crippen molar-refractivity contribution in [2.75, 3.05) is 20.0 Å². The van der Waals surface area contributed by atoms with Gasteiger partial charge in [0.15, 0.2) is 14.6 Å². The van der Waals surface area contributed by atoms with Crippen LogP contribution in [0.25, 0.3) is 16.3 Å². The number of benzene rings is 2. The number of thiazole rings is 1. The maximum atomic E-state index is 12.4. The summed E-state index contributed by atoms with van der Waals surface area (Å²) in [5.41, 5.74) is 1.16. The van der Waals surface area contributed by atoms with E-state index in [-0.39, 0.29) is 10.6 Å². The molecule has 1 amide bonds. The van der Waals surface area contributed by atoms with E-state index in [4.69, 9.17) is 4.74 Å². The number of hydrogen-bond acceptors (Lipinski definition) is 7. The maximum absolute atomic E-state index is 12.4. The molecule has 0 N–H and O–H groups in total. The van der Waals surface area contributed by atoms with Gasteiger partial charge in [-0.25, -0.2) is 8.42 Å². The summed E-state index contributed by atoms with van der Waals surface area (Å²) in [7, 11) is -1.81. The Morgan fingerprint density at radius 3 is 2.74 bits per heavy atom. The van der Waals surface area contributed by atoms with Crippen molar-refractivity contribution in [2.24, 2.45) is 4.99 Å². The minimum atomic E-state index is -3.37. The molecule has 2 aromatic carbocycles. The SMILES string of the molecule is COCCn1c(=NC(=O)C=Cc2cccc([N+](=O)[O-])c2)sc2cc(S(C)(=O)=O)ccc21. The van der Waals surface area contributed by atoms with Crippen LogP contribution in [0.1, 0.15) is 5.56 Å². The number of sulfone groups is 1. The van der Waals surface area contributed by atoms with E-state index in [0.717, 1.165) is 11.8 Å². The summed E-state index contributed by atoms with van der Waals surface area (Å²) >= 11 is 1.19. The van der Waals surface area contributed by atoms with Gasteiger partial charge in [0.05, 0.1) is 26.6 Å². The molecule has 11 heteroatoms. The molecule has 3 rings (SSSR count). The largest absolute Gasteiger partial charge is 0.383 e. The van der Waals surface area contributed by atoms with Crippen molar-refractivity contribution in [3.63, 3.8) is 0 Å². The third-order valence-electron chi connectivity index (χ3n) is 4.31. The minimum Gasteiger partial charge on any atom is -0.383 e. The first kappa shape index (κ1) is 22.5. The number of ether oxygens (including phenoxy) is 1. The Labute approximate surface area is 182 Å². The van der Waals surface area contributed by atoms with Crippen molar-refractivity contribution in [1.29, 1.82) is 0 Å². The van der Waals surface area contributed by atoms with Gasteiger partial charge in [-0.1, -0.05) is 23.5 Å². The maximum Gasteiger partial charge on any atom is 0.272 e. The van der Waals surface area contributed by atoms with Crippen molar-refractivity contribution in [3.8, 4) is 0 Å². The number of carbonyl (C=O) groups excluding carboxylic acids is 1. The Morgan fingerprint density at radius 2 is 2.06 bits per heavy atom. The molecule has 1 aromatic heterocycles. The summed E-state index contributed by atoms with van der Waals surface area (Å²) in [5.74, 6) is -0.549. The van der Waals surface area contributed by atoms with Crippen LogP contribution in [-0.4, -0.2) is 43.8 Å². The van der Waals surface area contributed by atoms with E-state index in [0.29, 0.717) is 28.2 Å². The molecule has 0 unspecified atom stereocenters. The zero-order valence-corrected chi connectivity index (χ0v) is 18.4. The number of hydrogen-bond donors (Lipinski definition) is 0. The van der Waals surface area contributed by atoms with Gasteiger partial charge < -0.3 is 9.30 Å². The highest BCUT2D eigenvalue weighted by molar-refractivity contribution is 7.90. The second kappa shape index (κ2) is 9.33. The van der Waals surface area contributed by atoms with Gasteiger partial charge in [0.25, 0.3) is 11.6 Å². The van der Waals surface area contributed by atoms with Crippen molar-refractivity contribution >= 4 is 49.1 Å². The predicted octanol–water partition coefficient (Wildman–Crippen LogP) is 2.80. The molecular formula is C20H19N3O6S2. The Bertz CT molecular complexity index is 1350. The molecule has 0 bridgehead atoms. The van der Waals surface area contributed by atoms with Crippen LogP contribution in [0.3, 0.4) is 0 Å². The quantitative estimate of drug-likeness (QED) is 0.303.